The van der Waals surface area contributed by atoms with E-state index in [1.807, 2.05) is 0 Å². The Balaban J connectivity index is 1.82. The number of hydrogen-bond acceptors (Lipinski definition) is 5. The Morgan fingerprint density at radius 3 is 2.70 bits per heavy atom. The van der Waals surface area contributed by atoms with Gasteiger partial charge in [0, 0.05) is 23.4 Å². The van der Waals surface area contributed by atoms with Crippen molar-refractivity contribution in [1.82, 2.24) is 15.5 Å². The number of nitrogens with one attached hydrogen (secondary N) is 1. The number of benzene rings is 1. The van der Waals surface area contributed by atoms with E-state index in [1.165, 1.54) is 6.92 Å². The molecule has 122 valence electrons. The van der Waals surface area contributed by atoms with Crippen molar-refractivity contribution in [1.29, 1.82) is 0 Å². The van der Waals surface area contributed by atoms with Gasteiger partial charge < -0.3 is 14.9 Å². The van der Waals surface area contributed by atoms with E-state index in [4.69, 9.17) is 21.2 Å². The zero-order valence-corrected chi connectivity index (χ0v) is 13.2. The molecule has 2 rings (SSSR count). The molecule has 2 aromatic rings. The van der Waals surface area contributed by atoms with Crippen LogP contribution in [0.5, 0.6) is 0 Å². The van der Waals surface area contributed by atoms with Gasteiger partial charge in [-0.1, -0.05) is 16.8 Å². The minimum atomic E-state index is -1.07. The van der Waals surface area contributed by atoms with Crippen molar-refractivity contribution in [3.05, 3.63) is 35.2 Å². The highest BCUT2D eigenvalue weighted by Crippen LogP contribution is 2.19. The first-order valence-corrected chi connectivity index (χ1v) is 7.44. The van der Waals surface area contributed by atoms with Gasteiger partial charge in [0.15, 0.2) is 0 Å². The molecule has 0 bridgehead atoms. The van der Waals surface area contributed by atoms with Crippen molar-refractivity contribution in [2.24, 2.45) is 0 Å². The predicted molar refractivity (Wildman–Crippen MR) is 82.9 cm³/mol. The maximum atomic E-state index is 11.6. The minimum absolute atomic E-state index is 0.191. The second kappa shape index (κ2) is 7.73. The van der Waals surface area contributed by atoms with E-state index in [0.29, 0.717) is 29.6 Å². The van der Waals surface area contributed by atoms with Crippen molar-refractivity contribution in [3.8, 4) is 11.4 Å². The molecular formula is C15H16ClN3O4. The first kappa shape index (κ1) is 17.0. The Bertz CT molecular complexity index is 684. The number of carbonyl (C=O) groups excluding carboxylic acids is 1. The normalized spacial score (nSPS) is 11.9. The maximum absolute atomic E-state index is 11.6. The van der Waals surface area contributed by atoms with Crippen LogP contribution in [0.2, 0.25) is 5.02 Å². The molecule has 1 unspecified atom stereocenters. The van der Waals surface area contributed by atoms with Crippen LogP contribution in [0.4, 0.5) is 0 Å². The molecule has 0 aliphatic heterocycles. The first-order valence-electron chi connectivity index (χ1n) is 7.06. The summed E-state index contributed by atoms with van der Waals surface area (Å²) in [6.07, 6.45) is 1.12. The molecule has 0 saturated heterocycles. The summed E-state index contributed by atoms with van der Waals surface area (Å²) in [5.74, 6) is -0.505. The van der Waals surface area contributed by atoms with Gasteiger partial charge >= 0.3 is 5.97 Å². The lowest BCUT2D eigenvalue weighted by Crippen LogP contribution is -2.38. The van der Waals surface area contributed by atoms with Crippen molar-refractivity contribution in [3.63, 3.8) is 0 Å². The van der Waals surface area contributed by atoms with Crippen LogP contribution >= 0.6 is 11.6 Å². The zero-order valence-electron chi connectivity index (χ0n) is 12.5. The van der Waals surface area contributed by atoms with Crippen LogP contribution in [0.1, 0.15) is 25.7 Å². The Kier molecular flexibility index (Phi) is 5.70. The average molecular weight is 338 g/mol. The molecule has 0 radical (unpaired) electrons. The fraction of sp³-hybridized carbons (Fsp3) is 0.333. The highest BCUT2D eigenvalue weighted by Gasteiger charge is 2.14. The van der Waals surface area contributed by atoms with Crippen LogP contribution in [-0.4, -0.2) is 33.2 Å². The summed E-state index contributed by atoms with van der Waals surface area (Å²) in [5, 5.41) is 15.6. The highest BCUT2D eigenvalue weighted by molar-refractivity contribution is 6.30. The molecule has 1 aromatic carbocycles. The van der Waals surface area contributed by atoms with Crippen molar-refractivity contribution in [2.75, 3.05) is 0 Å². The standard InChI is InChI=1S/C15H16ClN3O4/c1-9(15(21)22)17-12(20)3-2-4-13-18-14(19-23-13)10-5-7-11(16)8-6-10/h5-9H,2-4H2,1H3,(H,17,20)(H,21,22). The fourth-order valence-electron chi connectivity index (χ4n) is 1.85. The molecule has 0 aliphatic rings. The smallest absolute Gasteiger partial charge is 0.325 e. The molecule has 0 fully saturated rings. The lowest BCUT2D eigenvalue weighted by atomic mass is 10.2. The van der Waals surface area contributed by atoms with E-state index in [1.54, 1.807) is 24.3 Å². The summed E-state index contributed by atoms with van der Waals surface area (Å²) in [7, 11) is 0. The second-order valence-corrected chi connectivity index (χ2v) is 5.44. The third kappa shape index (κ3) is 5.07. The van der Waals surface area contributed by atoms with Gasteiger partial charge in [0.25, 0.3) is 0 Å². The van der Waals surface area contributed by atoms with Gasteiger partial charge in [0.2, 0.25) is 17.6 Å². The zero-order chi connectivity index (χ0) is 16.8. The third-order valence-electron chi connectivity index (χ3n) is 3.11. The summed E-state index contributed by atoms with van der Waals surface area (Å²) < 4.78 is 5.13. The van der Waals surface area contributed by atoms with Crippen LogP contribution < -0.4 is 5.32 Å². The molecule has 0 saturated carbocycles. The lowest BCUT2D eigenvalue weighted by Gasteiger charge is -2.08. The molecule has 1 heterocycles. The first-order chi connectivity index (χ1) is 11.0. The van der Waals surface area contributed by atoms with E-state index in [2.05, 4.69) is 15.5 Å². The number of nitrogens with zero attached hydrogens (tertiary/aromatic N) is 2. The molecule has 1 atom stereocenters. The second-order valence-electron chi connectivity index (χ2n) is 5.00. The quantitative estimate of drug-likeness (QED) is 0.803. The summed E-state index contributed by atoms with van der Waals surface area (Å²) in [6.45, 7) is 1.41. The number of rotatable bonds is 7. The third-order valence-corrected chi connectivity index (χ3v) is 3.36. The van der Waals surface area contributed by atoms with Gasteiger partial charge in [-0.2, -0.15) is 4.98 Å². The Hall–Kier alpha value is -2.41. The minimum Gasteiger partial charge on any atom is -0.480 e. The van der Waals surface area contributed by atoms with Gasteiger partial charge in [-0.25, -0.2) is 0 Å². The summed E-state index contributed by atoms with van der Waals surface area (Å²) in [5.41, 5.74) is 0.789. The summed E-state index contributed by atoms with van der Waals surface area (Å²) >= 11 is 5.82. The van der Waals surface area contributed by atoms with Gasteiger partial charge in [-0.3, -0.25) is 9.59 Å². The number of carboxylic acid groups (broad SMARTS) is 1. The van der Waals surface area contributed by atoms with Crippen molar-refractivity contribution < 1.29 is 19.2 Å². The van der Waals surface area contributed by atoms with Gasteiger partial charge in [-0.15, -0.1) is 0 Å². The largest absolute Gasteiger partial charge is 0.480 e. The highest BCUT2D eigenvalue weighted by atomic mass is 35.5. The number of amides is 1. The molecule has 23 heavy (non-hydrogen) atoms. The van der Waals surface area contributed by atoms with Gasteiger partial charge in [0.05, 0.1) is 0 Å². The summed E-state index contributed by atoms with van der Waals surface area (Å²) in [6, 6.07) is 6.15. The summed E-state index contributed by atoms with van der Waals surface area (Å²) in [4.78, 5) is 26.4. The average Bonchev–Trinajstić information content (AvgIpc) is 2.96. The molecule has 1 aromatic heterocycles. The monoisotopic (exact) mass is 337 g/mol. The van der Waals surface area contributed by atoms with Gasteiger partial charge in [-0.05, 0) is 37.6 Å². The molecular weight excluding hydrogens is 322 g/mol. The Labute approximate surface area is 137 Å². The van der Waals surface area contributed by atoms with E-state index in [-0.39, 0.29) is 12.3 Å². The van der Waals surface area contributed by atoms with Gasteiger partial charge in [0.1, 0.15) is 6.04 Å². The van der Waals surface area contributed by atoms with E-state index < -0.39 is 12.0 Å². The number of carbonyl (C=O) groups is 2. The molecule has 0 spiro atoms. The number of carboxylic acids is 1. The molecule has 0 aliphatic carbocycles. The molecule has 7 nitrogen and oxygen atoms in total. The SMILES string of the molecule is CC(NC(=O)CCCc1nc(-c2ccc(Cl)cc2)no1)C(=O)O. The number of aryl methyl sites for hydroxylation is 1. The van der Waals surface area contributed by atoms with Crippen LogP contribution in [0.3, 0.4) is 0 Å². The van der Waals surface area contributed by atoms with Crippen LogP contribution in [-0.2, 0) is 16.0 Å². The van der Waals surface area contributed by atoms with Crippen molar-refractivity contribution in [2.45, 2.75) is 32.2 Å². The number of aromatic nitrogens is 2. The number of hydrogen-bond donors (Lipinski definition) is 2. The van der Waals surface area contributed by atoms with E-state index in [9.17, 15) is 9.59 Å². The van der Waals surface area contributed by atoms with Crippen molar-refractivity contribution >= 4 is 23.5 Å². The Morgan fingerprint density at radius 1 is 1.35 bits per heavy atom. The molecule has 8 heteroatoms. The fourth-order valence-corrected chi connectivity index (χ4v) is 1.97. The maximum Gasteiger partial charge on any atom is 0.325 e. The van der Waals surface area contributed by atoms with E-state index in [0.717, 1.165) is 5.56 Å². The number of halogens is 1. The Morgan fingerprint density at radius 2 is 2.04 bits per heavy atom. The molecule has 1 amide bonds. The van der Waals surface area contributed by atoms with E-state index >= 15 is 0 Å². The predicted octanol–water partition coefficient (Wildman–Crippen LogP) is 2.30. The van der Waals surface area contributed by atoms with Crippen LogP contribution in [0.15, 0.2) is 28.8 Å². The topological polar surface area (TPSA) is 105 Å². The number of aliphatic carboxylic acids is 1. The lowest BCUT2D eigenvalue weighted by molar-refractivity contribution is -0.141. The molecule has 2 N–H and O–H groups in total. The van der Waals surface area contributed by atoms with Crippen LogP contribution in [0, 0.1) is 0 Å². The van der Waals surface area contributed by atoms with Crippen LogP contribution in [0.25, 0.3) is 11.4 Å².